The number of carbonyl (C=O) groups excluding carboxylic acids is 2. The van der Waals surface area contributed by atoms with Crippen molar-refractivity contribution in [3.8, 4) is 0 Å². The third-order valence-electron chi connectivity index (χ3n) is 5.50. The van der Waals surface area contributed by atoms with Crippen LogP contribution in [0.4, 0.5) is 5.13 Å². The van der Waals surface area contributed by atoms with Gasteiger partial charge in [0.2, 0.25) is 0 Å². The molecule has 190 valence electrons. The SMILES string of the molecule is Nc1nc(C(=NOCc2cn[nH]n2)C(=O)N[C@@H]2C(=O)N3C(C(=O)O)=C(C[n+]4ccccc4)CS[C@@H]23)cs1. The van der Waals surface area contributed by atoms with Gasteiger partial charge in [-0.2, -0.15) is 15.4 Å². The van der Waals surface area contributed by atoms with Gasteiger partial charge in [-0.1, -0.05) is 11.2 Å². The lowest BCUT2D eigenvalue weighted by Crippen LogP contribution is -2.71. The van der Waals surface area contributed by atoms with E-state index in [2.05, 4.69) is 30.9 Å². The van der Waals surface area contributed by atoms with Gasteiger partial charge in [-0.15, -0.1) is 23.1 Å². The fraction of sp³-hybridized carbons (Fsp3) is 0.238. The maximum Gasteiger partial charge on any atom is 0.352 e. The van der Waals surface area contributed by atoms with E-state index in [0.29, 0.717) is 23.6 Å². The number of carbonyl (C=O) groups is 3. The topological polar surface area (TPSA) is 193 Å². The Morgan fingerprint density at radius 2 is 2.16 bits per heavy atom. The third-order valence-corrected chi connectivity index (χ3v) is 7.51. The normalized spacial score (nSPS) is 19.3. The monoisotopic (exact) mass is 542 g/mol. The largest absolute Gasteiger partial charge is 0.477 e. The lowest BCUT2D eigenvalue weighted by atomic mass is 10.0. The first-order valence-corrected chi connectivity index (χ1v) is 12.8. The molecule has 5 N–H and O–H groups in total. The van der Waals surface area contributed by atoms with E-state index in [1.807, 2.05) is 35.2 Å². The Morgan fingerprint density at radius 3 is 2.84 bits per heavy atom. The van der Waals surface area contributed by atoms with Gasteiger partial charge in [-0.3, -0.25) is 14.5 Å². The highest BCUT2D eigenvalue weighted by Gasteiger charge is 2.54. The van der Waals surface area contributed by atoms with Crippen molar-refractivity contribution >= 4 is 51.7 Å². The molecule has 3 aromatic heterocycles. The molecule has 5 rings (SSSR count). The number of oxime groups is 1. The molecule has 0 bridgehead atoms. The number of thioether (sulfide) groups is 1. The molecule has 2 atom stereocenters. The number of aliphatic carboxylic acids is 1. The molecule has 0 aromatic carbocycles. The van der Waals surface area contributed by atoms with Gasteiger partial charge in [0.15, 0.2) is 36.4 Å². The number of hydrogen-bond acceptors (Lipinski definition) is 11. The van der Waals surface area contributed by atoms with Crippen LogP contribution >= 0.6 is 23.1 Å². The molecular weight excluding hydrogens is 522 g/mol. The lowest BCUT2D eigenvalue weighted by molar-refractivity contribution is -0.689. The minimum Gasteiger partial charge on any atom is -0.477 e. The average Bonchev–Trinajstić information content (AvgIpc) is 3.57. The molecule has 5 heterocycles. The smallest absolute Gasteiger partial charge is 0.352 e. The number of nitrogens with two attached hydrogens (primary N) is 1. The number of fused-ring (bicyclic) bond motifs is 1. The summed E-state index contributed by atoms with van der Waals surface area (Å²) in [6, 6.07) is 4.59. The molecule has 3 aromatic rings. The summed E-state index contributed by atoms with van der Waals surface area (Å²) in [6.07, 6.45) is 5.08. The molecule has 16 heteroatoms. The van der Waals surface area contributed by atoms with Crippen LogP contribution in [0.15, 0.2) is 58.6 Å². The van der Waals surface area contributed by atoms with Crippen LogP contribution in [0.5, 0.6) is 0 Å². The molecule has 0 saturated carbocycles. The van der Waals surface area contributed by atoms with Crippen LogP contribution in [0.1, 0.15) is 11.4 Å². The Kier molecular flexibility index (Phi) is 6.82. The molecule has 0 unspecified atom stereocenters. The highest BCUT2D eigenvalue weighted by atomic mass is 32.2. The number of amides is 2. The molecule has 2 amide bonds. The first-order chi connectivity index (χ1) is 17.9. The van der Waals surface area contributed by atoms with Crippen molar-refractivity contribution in [3.63, 3.8) is 0 Å². The second-order valence-electron chi connectivity index (χ2n) is 7.91. The van der Waals surface area contributed by atoms with E-state index in [0.717, 1.165) is 11.3 Å². The molecule has 2 aliphatic rings. The minimum absolute atomic E-state index is 0.0590. The van der Waals surface area contributed by atoms with Crippen molar-refractivity contribution in [1.29, 1.82) is 0 Å². The number of nitrogens with zero attached hydrogens (tertiary/aromatic N) is 6. The summed E-state index contributed by atoms with van der Waals surface area (Å²) in [5.41, 5.74) is 6.71. The van der Waals surface area contributed by atoms with E-state index in [9.17, 15) is 19.5 Å². The van der Waals surface area contributed by atoms with Crippen LogP contribution in [0.3, 0.4) is 0 Å². The van der Waals surface area contributed by atoms with Crippen molar-refractivity contribution in [2.24, 2.45) is 5.16 Å². The van der Waals surface area contributed by atoms with Crippen LogP contribution in [-0.4, -0.2) is 71.1 Å². The number of aromatic nitrogens is 5. The van der Waals surface area contributed by atoms with E-state index >= 15 is 0 Å². The highest BCUT2D eigenvalue weighted by molar-refractivity contribution is 8.00. The summed E-state index contributed by atoms with van der Waals surface area (Å²) in [5.74, 6) is -2.06. The van der Waals surface area contributed by atoms with Crippen LogP contribution in [0.25, 0.3) is 0 Å². The van der Waals surface area contributed by atoms with Crippen molar-refractivity contribution < 1.29 is 28.9 Å². The molecule has 2 aliphatic heterocycles. The standard InChI is InChI=1S/C21H19N9O5S2/c22-21-24-13(10-37-21)14(27-35-8-12-6-23-28-26-12)17(31)25-15-18(32)30-16(20(33)34)11(9-36-19(15)30)7-29-4-2-1-3-5-29/h1-6,10,15,19H,7-9H2,(H4-,22,23,24,25,26,28,31,33,34)/p+1/t15-,19+/m1/s1. The lowest BCUT2D eigenvalue weighted by Gasteiger charge is -2.49. The van der Waals surface area contributed by atoms with Crippen LogP contribution in [0, 0.1) is 0 Å². The summed E-state index contributed by atoms with van der Waals surface area (Å²) in [6.45, 7) is 0.268. The molecule has 1 fully saturated rings. The number of carboxylic acids is 1. The summed E-state index contributed by atoms with van der Waals surface area (Å²) in [4.78, 5) is 48.9. The minimum atomic E-state index is -1.20. The number of pyridine rings is 1. The highest BCUT2D eigenvalue weighted by Crippen LogP contribution is 2.40. The predicted octanol–water partition coefficient (Wildman–Crippen LogP) is -0.509. The van der Waals surface area contributed by atoms with Gasteiger partial charge < -0.3 is 21.0 Å². The number of thiazole rings is 1. The van der Waals surface area contributed by atoms with Crippen molar-refractivity contribution in [1.82, 2.24) is 30.6 Å². The Bertz CT molecular complexity index is 1390. The zero-order valence-electron chi connectivity index (χ0n) is 19.0. The van der Waals surface area contributed by atoms with Crippen molar-refractivity contribution in [2.45, 2.75) is 24.6 Å². The Balaban J connectivity index is 1.32. The Morgan fingerprint density at radius 1 is 1.35 bits per heavy atom. The van der Waals surface area contributed by atoms with Crippen LogP contribution in [-0.2, 0) is 32.4 Å². The second kappa shape index (κ2) is 10.4. The van der Waals surface area contributed by atoms with Gasteiger partial charge in [-0.05, 0) is 0 Å². The molecular formula is C21H20N9O5S2+. The Hall–Kier alpha value is -4.31. The molecule has 1 saturated heterocycles. The van der Waals surface area contributed by atoms with Gasteiger partial charge in [0.05, 0.1) is 6.20 Å². The van der Waals surface area contributed by atoms with Crippen molar-refractivity contribution in [3.05, 3.63) is 64.8 Å². The second-order valence-corrected chi connectivity index (χ2v) is 9.91. The van der Waals surface area contributed by atoms with E-state index < -0.39 is 29.2 Å². The van der Waals surface area contributed by atoms with Gasteiger partial charge >= 0.3 is 5.97 Å². The number of nitrogens with one attached hydrogen (secondary N) is 2. The molecule has 14 nitrogen and oxygen atoms in total. The predicted molar refractivity (Wildman–Crippen MR) is 131 cm³/mol. The van der Waals surface area contributed by atoms with Gasteiger partial charge in [0.25, 0.3) is 11.8 Å². The maximum absolute atomic E-state index is 13.1. The van der Waals surface area contributed by atoms with E-state index in [-0.39, 0.29) is 28.8 Å². The average molecular weight is 543 g/mol. The number of rotatable bonds is 9. The number of H-pyrrole nitrogens is 1. The van der Waals surface area contributed by atoms with Crippen LogP contribution < -0.4 is 15.6 Å². The quantitative estimate of drug-likeness (QED) is 0.118. The summed E-state index contributed by atoms with van der Waals surface area (Å²) in [7, 11) is 0. The molecule has 37 heavy (non-hydrogen) atoms. The van der Waals surface area contributed by atoms with Gasteiger partial charge in [-0.25, -0.2) is 14.3 Å². The summed E-state index contributed by atoms with van der Waals surface area (Å²) in [5, 5.41) is 27.6. The maximum atomic E-state index is 13.1. The number of anilines is 1. The molecule has 0 spiro atoms. The number of hydrogen-bond donors (Lipinski definition) is 4. The first kappa shape index (κ1) is 24.4. The molecule has 0 radical (unpaired) electrons. The Labute approximate surface area is 217 Å². The van der Waals surface area contributed by atoms with Gasteiger partial charge in [0.1, 0.15) is 28.5 Å². The van der Waals surface area contributed by atoms with E-state index in [1.165, 1.54) is 28.2 Å². The van der Waals surface area contributed by atoms with E-state index in [1.54, 1.807) is 0 Å². The number of β-lactam (4-membered cyclic amide) rings is 1. The zero-order chi connectivity index (χ0) is 25.9. The molecule has 0 aliphatic carbocycles. The number of nitrogen functional groups attached to an aromatic ring is 1. The van der Waals surface area contributed by atoms with Gasteiger partial charge in [0, 0.05) is 28.8 Å². The number of aromatic amines is 1. The fourth-order valence-electron chi connectivity index (χ4n) is 3.83. The summed E-state index contributed by atoms with van der Waals surface area (Å²) < 4.78 is 1.84. The first-order valence-electron chi connectivity index (χ1n) is 10.8. The zero-order valence-corrected chi connectivity index (χ0v) is 20.6. The third kappa shape index (κ3) is 5.01. The van der Waals surface area contributed by atoms with Crippen molar-refractivity contribution in [2.75, 3.05) is 11.5 Å². The fourth-order valence-corrected chi connectivity index (χ4v) is 5.72. The number of carboxylic acid groups (broad SMARTS) is 1. The van der Waals surface area contributed by atoms with Crippen LogP contribution in [0.2, 0.25) is 0 Å². The van der Waals surface area contributed by atoms with E-state index in [4.69, 9.17) is 10.6 Å². The summed E-state index contributed by atoms with van der Waals surface area (Å²) >= 11 is 2.49.